The Hall–Kier alpha value is -2.85. The lowest BCUT2D eigenvalue weighted by atomic mass is 9.83. The van der Waals surface area contributed by atoms with Crippen LogP contribution in [0.5, 0.6) is 5.75 Å². The van der Waals surface area contributed by atoms with Gasteiger partial charge in [-0.05, 0) is 48.6 Å². The molecule has 2 saturated heterocycles. The number of nitrogens with zero attached hydrogens (tertiary/aromatic N) is 1. The van der Waals surface area contributed by atoms with Gasteiger partial charge in [-0.3, -0.25) is 0 Å². The Morgan fingerprint density at radius 1 is 1.14 bits per heavy atom. The van der Waals surface area contributed by atoms with Crippen molar-refractivity contribution in [1.29, 1.82) is 0 Å². The maximum atomic E-state index is 14.2. The van der Waals surface area contributed by atoms with Gasteiger partial charge in [0.25, 0.3) is 0 Å². The average molecular weight is 512 g/mol. The molecule has 36 heavy (non-hydrogen) atoms. The number of carbonyl (C=O) groups excluding carboxylic acids is 1. The zero-order valence-electron chi connectivity index (χ0n) is 19.9. The van der Waals surface area contributed by atoms with Crippen molar-refractivity contribution in [2.75, 3.05) is 33.4 Å². The van der Waals surface area contributed by atoms with E-state index in [0.29, 0.717) is 42.7 Å². The highest BCUT2D eigenvalue weighted by Crippen LogP contribution is 2.43. The van der Waals surface area contributed by atoms with Crippen molar-refractivity contribution in [3.05, 3.63) is 65.5 Å². The molecule has 6 nitrogen and oxygen atoms in total. The van der Waals surface area contributed by atoms with Crippen molar-refractivity contribution in [1.82, 2.24) is 4.90 Å². The van der Waals surface area contributed by atoms with E-state index in [1.807, 2.05) is 0 Å². The molecule has 2 aliphatic heterocycles. The molecule has 0 saturated carbocycles. The number of alkyl halides is 3. The van der Waals surface area contributed by atoms with Gasteiger partial charge in [0, 0.05) is 19.0 Å². The minimum absolute atomic E-state index is 0.0686. The molecule has 1 unspecified atom stereocenters. The van der Waals surface area contributed by atoms with Crippen molar-refractivity contribution < 1.29 is 41.3 Å². The zero-order chi connectivity index (χ0) is 25.8. The van der Waals surface area contributed by atoms with Gasteiger partial charge in [0.1, 0.15) is 11.6 Å². The van der Waals surface area contributed by atoms with Crippen LogP contribution in [-0.2, 0) is 20.8 Å². The fraction of sp³-hybridized carbons (Fsp3) is 0.500. The Morgan fingerprint density at radius 3 is 2.47 bits per heavy atom. The quantitative estimate of drug-likeness (QED) is 0.463. The summed E-state index contributed by atoms with van der Waals surface area (Å²) >= 11 is 0. The Kier molecular flexibility index (Phi) is 8.04. The minimum Gasteiger partial charge on any atom is -0.497 e. The van der Waals surface area contributed by atoms with Crippen molar-refractivity contribution in [2.24, 2.45) is 0 Å². The first-order valence-electron chi connectivity index (χ1n) is 11.8. The van der Waals surface area contributed by atoms with Crippen molar-refractivity contribution in [3.63, 3.8) is 0 Å². The molecular weight excluding hydrogens is 482 g/mol. The molecule has 2 aromatic carbocycles. The number of ether oxygens (including phenoxy) is 4. The number of rotatable bonds is 7. The van der Waals surface area contributed by atoms with E-state index in [2.05, 4.69) is 0 Å². The first-order valence-corrected chi connectivity index (χ1v) is 11.8. The van der Waals surface area contributed by atoms with Gasteiger partial charge in [-0.25, -0.2) is 9.18 Å². The number of methoxy groups -OCH3 is 1. The summed E-state index contributed by atoms with van der Waals surface area (Å²) in [6, 6.07) is 13.3. The van der Waals surface area contributed by atoms with E-state index in [1.165, 1.54) is 18.1 Å². The van der Waals surface area contributed by atoms with Crippen LogP contribution >= 0.6 is 0 Å². The number of amides is 1. The smallest absolute Gasteiger partial charge is 0.427 e. The number of carbonyl (C=O) groups is 1. The van der Waals surface area contributed by atoms with Crippen LogP contribution in [0.25, 0.3) is 0 Å². The summed E-state index contributed by atoms with van der Waals surface area (Å²) in [5.41, 5.74) is 0.739. The van der Waals surface area contributed by atoms with Gasteiger partial charge >= 0.3 is 12.3 Å². The molecule has 1 amide bonds. The van der Waals surface area contributed by atoms with Gasteiger partial charge in [0.2, 0.25) is 6.10 Å². The normalized spacial score (nSPS) is 20.4. The van der Waals surface area contributed by atoms with Crippen molar-refractivity contribution >= 4 is 6.09 Å². The summed E-state index contributed by atoms with van der Waals surface area (Å²) in [6.45, 7) is -0.124. The van der Waals surface area contributed by atoms with E-state index in [-0.39, 0.29) is 31.4 Å². The second kappa shape index (κ2) is 11.0. The molecule has 0 N–H and O–H groups in total. The number of benzene rings is 2. The highest BCUT2D eigenvalue weighted by Gasteiger charge is 2.47. The molecule has 10 heteroatoms. The van der Waals surface area contributed by atoms with Crippen LogP contribution in [0.15, 0.2) is 48.5 Å². The first kappa shape index (κ1) is 26.2. The second-order valence-electron chi connectivity index (χ2n) is 9.18. The van der Waals surface area contributed by atoms with Crippen LogP contribution in [0.1, 0.15) is 36.3 Å². The van der Waals surface area contributed by atoms with Gasteiger partial charge in [0.05, 0.1) is 32.5 Å². The van der Waals surface area contributed by atoms with Crippen LogP contribution in [0.3, 0.4) is 0 Å². The Morgan fingerprint density at radius 2 is 1.83 bits per heavy atom. The third-order valence-corrected chi connectivity index (χ3v) is 6.79. The Labute approximate surface area is 207 Å². The highest BCUT2D eigenvalue weighted by molar-refractivity contribution is 5.68. The van der Waals surface area contributed by atoms with Gasteiger partial charge < -0.3 is 23.8 Å². The predicted molar refractivity (Wildman–Crippen MR) is 122 cm³/mol. The maximum absolute atomic E-state index is 14.2. The van der Waals surface area contributed by atoms with E-state index in [0.717, 1.165) is 0 Å². The zero-order valence-corrected chi connectivity index (χ0v) is 19.9. The number of hydrogen-bond donors (Lipinski definition) is 0. The minimum atomic E-state index is -4.77. The molecule has 1 spiro atoms. The molecule has 2 atom stereocenters. The van der Waals surface area contributed by atoms with Gasteiger partial charge in [-0.15, -0.1) is 0 Å². The SMILES string of the molecule is COc1ccc(COC[C@@H](OC(=O)N2CCC3(CC2)CC(c2ccccc2F)CO3)C(F)(F)F)cc1. The third-order valence-electron chi connectivity index (χ3n) is 6.79. The topological polar surface area (TPSA) is 57.2 Å². The van der Waals surface area contributed by atoms with Crippen LogP contribution in [0, 0.1) is 5.82 Å². The average Bonchev–Trinajstić information content (AvgIpc) is 3.27. The Balaban J connectivity index is 1.27. The summed E-state index contributed by atoms with van der Waals surface area (Å²) < 4.78 is 75.8. The van der Waals surface area contributed by atoms with Crippen molar-refractivity contribution in [3.8, 4) is 5.75 Å². The van der Waals surface area contributed by atoms with Gasteiger partial charge in [-0.1, -0.05) is 30.3 Å². The highest BCUT2D eigenvalue weighted by atomic mass is 19.4. The fourth-order valence-electron chi connectivity index (χ4n) is 4.69. The van der Waals surface area contributed by atoms with Crippen LogP contribution in [0.4, 0.5) is 22.4 Å². The third kappa shape index (κ3) is 6.28. The van der Waals surface area contributed by atoms with Gasteiger partial charge in [-0.2, -0.15) is 13.2 Å². The first-order chi connectivity index (χ1) is 17.2. The summed E-state index contributed by atoms with van der Waals surface area (Å²) in [5, 5.41) is 0. The molecule has 4 rings (SSSR count). The lowest BCUT2D eigenvalue weighted by Gasteiger charge is -2.38. The molecule has 0 aromatic heterocycles. The molecule has 2 fully saturated rings. The number of hydrogen-bond acceptors (Lipinski definition) is 5. The lowest BCUT2D eigenvalue weighted by Crippen LogP contribution is -2.49. The molecule has 0 aliphatic carbocycles. The molecule has 0 radical (unpaired) electrons. The molecular formula is C26H29F4NO5. The second-order valence-corrected chi connectivity index (χ2v) is 9.18. The summed E-state index contributed by atoms with van der Waals surface area (Å²) in [5.74, 6) is 0.244. The predicted octanol–water partition coefficient (Wildman–Crippen LogP) is 5.46. The maximum Gasteiger partial charge on any atom is 0.427 e. The molecule has 2 aliphatic rings. The van der Waals surface area contributed by atoms with Crippen LogP contribution in [-0.4, -0.2) is 62.3 Å². The molecule has 2 heterocycles. The van der Waals surface area contributed by atoms with E-state index in [1.54, 1.807) is 42.5 Å². The standard InChI is InChI=1S/C26H29F4NO5/c1-33-20-8-6-18(7-9-20)15-34-17-23(26(28,29)30)36-24(32)31-12-10-25(11-13-31)14-19(16-35-25)21-4-2-3-5-22(21)27/h2-9,19,23H,10-17H2,1H3/t19?,23-/m1/s1. The van der Waals surface area contributed by atoms with E-state index in [9.17, 15) is 22.4 Å². The van der Waals surface area contributed by atoms with Gasteiger partial charge in [0.15, 0.2) is 0 Å². The molecule has 196 valence electrons. The summed E-state index contributed by atoms with van der Waals surface area (Å²) in [6.07, 6.45) is -6.71. The van der Waals surface area contributed by atoms with Crippen LogP contribution in [0.2, 0.25) is 0 Å². The number of likely N-dealkylation sites (tertiary alicyclic amines) is 1. The monoisotopic (exact) mass is 511 g/mol. The van der Waals surface area contributed by atoms with Crippen molar-refractivity contribution in [2.45, 2.75) is 49.7 Å². The Bertz CT molecular complexity index is 1020. The van der Waals surface area contributed by atoms with E-state index in [4.69, 9.17) is 18.9 Å². The lowest BCUT2D eigenvalue weighted by molar-refractivity contribution is -0.220. The molecule has 0 bridgehead atoms. The number of halogens is 4. The summed E-state index contributed by atoms with van der Waals surface area (Å²) in [4.78, 5) is 13.8. The number of piperidine rings is 1. The fourth-order valence-corrected chi connectivity index (χ4v) is 4.69. The van der Waals surface area contributed by atoms with Crippen LogP contribution < -0.4 is 4.74 Å². The largest absolute Gasteiger partial charge is 0.497 e. The summed E-state index contributed by atoms with van der Waals surface area (Å²) in [7, 11) is 1.51. The molecule has 2 aromatic rings. The van der Waals surface area contributed by atoms with E-state index < -0.39 is 30.6 Å². The van der Waals surface area contributed by atoms with E-state index >= 15 is 0 Å².